The van der Waals surface area contributed by atoms with Crippen LogP contribution in [0.4, 0.5) is 13.2 Å². The number of nitrogens with zero attached hydrogens (tertiary/aromatic N) is 3. The molecule has 0 spiro atoms. The maximum absolute atomic E-state index is 12.5. The molecule has 0 aliphatic rings. The van der Waals surface area contributed by atoms with E-state index in [0.717, 1.165) is 11.3 Å². The zero-order chi connectivity index (χ0) is 17.3. The van der Waals surface area contributed by atoms with Gasteiger partial charge in [-0.15, -0.1) is 0 Å². The first kappa shape index (κ1) is 16.0. The molecule has 0 saturated carbocycles. The first-order valence-electron chi connectivity index (χ1n) is 7.01. The normalized spacial score (nSPS) is 11.7. The minimum absolute atomic E-state index is 0.118. The van der Waals surface area contributed by atoms with E-state index < -0.39 is 12.1 Å². The van der Waals surface area contributed by atoms with Gasteiger partial charge in [-0.25, -0.2) is 0 Å². The van der Waals surface area contributed by atoms with E-state index in [1.807, 2.05) is 13.0 Å². The summed E-state index contributed by atoms with van der Waals surface area (Å²) >= 11 is 0. The third-order valence-corrected chi connectivity index (χ3v) is 3.49. The Morgan fingerprint density at radius 3 is 2.42 bits per heavy atom. The van der Waals surface area contributed by atoms with Crippen LogP contribution in [-0.2, 0) is 12.7 Å². The lowest BCUT2D eigenvalue weighted by molar-refractivity contribution is -0.159. The van der Waals surface area contributed by atoms with Gasteiger partial charge in [0.25, 0.3) is 5.56 Å². The van der Waals surface area contributed by atoms with Crippen molar-refractivity contribution < 1.29 is 17.7 Å². The van der Waals surface area contributed by atoms with Crippen molar-refractivity contribution in [3.63, 3.8) is 0 Å². The van der Waals surface area contributed by atoms with Gasteiger partial charge in [0.15, 0.2) is 0 Å². The molecule has 0 aliphatic heterocycles. The number of pyridine rings is 1. The van der Waals surface area contributed by atoms with Crippen LogP contribution in [0.2, 0.25) is 0 Å². The molecule has 0 saturated heterocycles. The highest BCUT2D eigenvalue weighted by atomic mass is 19.4. The van der Waals surface area contributed by atoms with Crippen LogP contribution in [0.15, 0.2) is 51.8 Å². The second-order valence-corrected chi connectivity index (χ2v) is 5.21. The Balaban J connectivity index is 1.83. The zero-order valence-corrected chi connectivity index (χ0v) is 12.5. The van der Waals surface area contributed by atoms with Crippen molar-refractivity contribution in [1.82, 2.24) is 14.7 Å². The fourth-order valence-electron chi connectivity index (χ4n) is 2.22. The molecule has 8 heteroatoms. The average Bonchev–Trinajstić information content (AvgIpc) is 3.02. The summed E-state index contributed by atoms with van der Waals surface area (Å²) < 4.78 is 43.2. The van der Waals surface area contributed by atoms with Crippen LogP contribution in [-0.4, -0.2) is 14.7 Å². The Morgan fingerprint density at radius 2 is 1.83 bits per heavy atom. The molecule has 0 N–H and O–H groups in total. The summed E-state index contributed by atoms with van der Waals surface area (Å²) in [5, 5.41) is 3.33. The second-order valence-electron chi connectivity index (χ2n) is 5.21. The molecule has 3 rings (SSSR count). The molecule has 5 nitrogen and oxygen atoms in total. The van der Waals surface area contributed by atoms with E-state index >= 15 is 0 Å². The highest BCUT2D eigenvalue weighted by Gasteiger charge is 2.38. The third-order valence-electron chi connectivity index (χ3n) is 3.49. The lowest BCUT2D eigenvalue weighted by atomic mass is 10.1. The number of rotatable bonds is 3. The van der Waals surface area contributed by atoms with E-state index in [9.17, 15) is 18.0 Å². The van der Waals surface area contributed by atoms with Gasteiger partial charge in [-0.2, -0.15) is 18.2 Å². The summed E-state index contributed by atoms with van der Waals surface area (Å²) in [4.78, 5) is 15.2. The van der Waals surface area contributed by atoms with Crippen LogP contribution in [0, 0.1) is 6.92 Å². The Morgan fingerprint density at radius 1 is 1.12 bits per heavy atom. The molecule has 0 atom stereocenters. The second kappa shape index (κ2) is 5.95. The molecule has 0 fully saturated rings. The molecule has 0 amide bonds. The average molecular weight is 335 g/mol. The van der Waals surface area contributed by atoms with Crippen LogP contribution in [0.1, 0.15) is 17.1 Å². The van der Waals surface area contributed by atoms with Gasteiger partial charge in [0.2, 0.25) is 5.82 Å². The number of alkyl halides is 3. The van der Waals surface area contributed by atoms with E-state index in [0.29, 0.717) is 12.1 Å². The highest BCUT2D eigenvalue weighted by Crippen LogP contribution is 2.29. The Labute approximate surface area is 134 Å². The lowest BCUT2D eigenvalue weighted by Gasteiger charge is -2.09. The van der Waals surface area contributed by atoms with Gasteiger partial charge in [0.1, 0.15) is 0 Å². The SMILES string of the molecule is Cc1cccc(=O)n1Cc1ccc(-c2noc(C(F)(F)F)n2)cc1. The summed E-state index contributed by atoms with van der Waals surface area (Å²) in [6.07, 6.45) is -4.67. The minimum Gasteiger partial charge on any atom is -0.329 e. The van der Waals surface area contributed by atoms with Gasteiger partial charge in [0.05, 0.1) is 6.54 Å². The smallest absolute Gasteiger partial charge is 0.329 e. The van der Waals surface area contributed by atoms with Gasteiger partial charge < -0.3 is 9.09 Å². The van der Waals surface area contributed by atoms with Crippen LogP contribution >= 0.6 is 0 Å². The fourth-order valence-corrected chi connectivity index (χ4v) is 2.22. The summed E-state index contributed by atoms with van der Waals surface area (Å²) in [6.45, 7) is 2.19. The predicted octanol–water partition coefficient (Wildman–Crippen LogP) is 3.27. The largest absolute Gasteiger partial charge is 0.471 e. The Hall–Kier alpha value is -2.90. The van der Waals surface area contributed by atoms with Crippen molar-refractivity contribution >= 4 is 0 Å². The standard InChI is InChI=1S/C16H12F3N3O2/c1-10-3-2-4-13(23)22(10)9-11-5-7-12(8-6-11)14-20-15(24-21-14)16(17,18)19/h2-8H,9H2,1H3. The Kier molecular flexibility index (Phi) is 3.96. The molecule has 0 radical (unpaired) electrons. The number of hydrogen-bond donors (Lipinski definition) is 0. The van der Waals surface area contributed by atoms with E-state index in [2.05, 4.69) is 14.7 Å². The number of aromatic nitrogens is 3. The maximum atomic E-state index is 12.5. The van der Waals surface area contributed by atoms with Crippen LogP contribution < -0.4 is 5.56 Å². The Bertz CT molecular complexity index is 911. The summed E-state index contributed by atoms with van der Waals surface area (Å²) in [6, 6.07) is 11.6. The van der Waals surface area contributed by atoms with Crippen molar-refractivity contribution in [2.24, 2.45) is 0 Å². The quantitative estimate of drug-likeness (QED) is 0.737. The third kappa shape index (κ3) is 3.22. The van der Waals surface area contributed by atoms with Crippen molar-refractivity contribution in [1.29, 1.82) is 0 Å². The maximum Gasteiger partial charge on any atom is 0.471 e. The van der Waals surface area contributed by atoms with Crippen LogP contribution in [0.5, 0.6) is 0 Å². The summed E-state index contributed by atoms with van der Waals surface area (Å²) in [5.41, 5.74) is 1.93. The van der Waals surface area contributed by atoms with Crippen molar-refractivity contribution in [3.05, 3.63) is 70.0 Å². The number of hydrogen-bond acceptors (Lipinski definition) is 4. The van der Waals surface area contributed by atoms with Gasteiger partial charge >= 0.3 is 12.1 Å². The lowest BCUT2D eigenvalue weighted by Crippen LogP contribution is -2.21. The van der Waals surface area contributed by atoms with E-state index in [1.54, 1.807) is 34.9 Å². The van der Waals surface area contributed by atoms with Crippen molar-refractivity contribution in [2.45, 2.75) is 19.6 Å². The van der Waals surface area contributed by atoms with E-state index in [4.69, 9.17) is 0 Å². The number of aryl methyl sites for hydroxylation is 1. The topological polar surface area (TPSA) is 60.9 Å². The van der Waals surface area contributed by atoms with E-state index in [-0.39, 0.29) is 11.4 Å². The van der Waals surface area contributed by atoms with E-state index in [1.165, 1.54) is 6.07 Å². The van der Waals surface area contributed by atoms with Crippen molar-refractivity contribution in [2.75, 3.05) is 0 Å². The molecule has 24 heavy (non-hydrogen) atoms. The molecule has 124 valence electrons. The minimum atomic E-state index is -4.67. The molecule has 3 aromatic rings. The molecule has 1 aromatic carbocycles. The van der Waals surface area contributed by atoms with Crippen LogP contribution in [0.25, 0.3) is 11.4 Å². The van der Waals surface area contributed by atoms with Crippen LogP contribution in [0.3, 0.4) is 0 Å². The fraction of sp³-hybridized carbons (Fsp3) is 0.188. The number of benzene rings is 1. The molecular weight excluding hydrogens is 323 g/mol. The highest BCUT2D eigenvalue weighted by molar-refractivity contribution is 5.54. The first-order valence-corrected chi connectivity index (χ1v) is 7.01. The molecule has 0 bridgehead atoms. The molecular formula is C16H12F3N3O2. The van der Waals surface area contributed by atoms with Gasteiger partial charge in [-0.3, -0.25) is 4.79 Å². The zero-order valence-electron chi connectivity index (χ0n) is 12.5. The summed E-state index contributed by atoms with van der Waals surface area (Å²) in [5.74, 6) is -1.52. The van der Waals surface area contributed by atoms with Gasteiger partial charge in [-0.1, -0.05) is 35.5 Å². The first-order chi connectivity index (χ1) is 11.3. The monoisotopic (exact) mass is 335 g/mol. The molecule has 2 heterocycles. The molecule has 0 unspecified atom stereocenters. The van der Waals surface area contributed by atoms with Gasteiger partial charge in [-0.05, 0) is 18.6 Å². The number of halogens is 3. The van der Waals surface area contributed by atoms with Crippen molar-refractivity contribution in [3.8, 4) is 11.4 Å². The molecule has 2 aromatic heterocycles. The molecule has 0 aliphatic carbocycles. The summed E-state index contributed by atoms with van der Waals surface area (Å²) in [7, 11) is 0. The predicted molar refractivity (Wildman–Crippen MR) is 79.3 cm³/mol. The van der Waals surface area contributed by atoms with Gasteiger partial charge in [0, 0.05) is 17.3 Å².